The molecule has 2 aromatic rings. The van der Waals surface area contributed by atoms with Gasteiger partial charge in [0.15, 0.2) is 5.65 Å². The van der Waals surface area contributed by atoms with E-state index in [1.165, 1.54) is 0 Å². The van der Waals surface area contributed by atoms with Gasteiger partial charge in [-0.25, -0.2) is 4.98 Å². The number of aryl methyl sites for hydroxylation is 1. The first-order valence-corrected chi connectivity index (χ1v) is 5.46. The van der Waals surface area contributed by atoms with E-state index < -0.39 is 0 Å². The van der Waals surface area contributed by atoms with Gasteiger partial charge in [0, 0.05) is 31.7 Å². The van der Waals surface area contributed by atoms with Crippen molar-refractivity contribution in [3.8, 4) is 0 Å². The van der Waals surface area contributed by atoms with Gasteiger partial charge >= 0.3 is 0 Å². The predicted octanol–water partition coefficient (Wildman–Crippen LogP) is 1.05. The first kappa shape index (κ1) is 12.3. The van der Waals surface area contributed by atoms with Crippen molar-refractivity contribution in [1.29, 1.82) is 0 Å². The summed E-state index contributed by atoms with van der Waals surface area (Å²) in [6, 6.07) is 3.98. The van der Waals surface area contributed by atoms with Crippen LogP contribution in [0.15, 0.2) is 18.3 Å². The van der Waals surface area contributed by atoms with Gasteiger partial charge in [0.25, 0.3) is 0 Å². The highest BCUT2D eigenvalue weighted by Gasteiger charge is 2.21. The normalized spacial score (nSPS) is 20.2. The van der Waals surface area contributed by atoms with Crippen LogP contribution in [0.4, 0.5) is 0 Å². The van der Waals surface area contributed by atoms with Gasteiger partial charge in [0.05, 0.1) is 6.61 Å². The summed E-state index contributed by atoms with van der Waals surface area (Å²) in [6.07, 6.45) is 1.83. The number of nitrogens with zero attached hydrogens (tertiary/aromatic N) is 3. The molecule has 1 N–H and O–H groups in total. The third-order valence-electron chi connectivity index (χ3n) is 2.86. The Morgan fingerprint density at radius 3 is 3.18 bits per heavy atom. The molecule has 2 aromatic heterocycles. The van der Waals surface area contributed by atoms with Gasteiger partial charge in [0.1, 0.15) is 11.8 Å². The summed E-state index contributed by atoms with van der Waals surface area (Å²) in [5.41, 5.74) is 1.89. The molecule has 0 amide bonds. The molecule has 0 aliphatic carbocycles. The Balaban J connectivity index is 0.00000108. The summed E-state index contributed by atoms with van der Waals surface area (Å²) >= 11 is 0. The lowest BCUT2D eigenvalue weighted by Gasteiger charge is -2.22. The van der Waals surface area contributed by atoms with Crippen LogP contribution in [-0.4, -0.2) is 34.5 Å². The van der Waals surface area contributed by atoms with Crippen molar-refractivity contribution >= 4 is 23.4 Å². The number of halogens is 1. The Morgan fingerprint density at radius 2 is 2.41 bits per heavy atom. The summed E-state index contributed by atoms with van der Waals surface area (Å²) in [4.78, 5) is 4.32. The monoisotopic (exact) mass is 254 g/mol. The Morgan fingerprint density at radius 1 is 1.53 bits per heavy atom. The van der Waals surface area contributed by atoms with Crippen molar-refractivity contribution < 1.29 is 4.74 Å². The van der Waals surface area contributed by atoms with Crippen molar-refractivity contribution in [3.05, 3.63) is 24.0 Å². The molecular formula is C11H15ClN4O. The van der Waals surface area contributed by atoms with Gasteiger partial charge in [-0.15, -0.1) is 12.4 Å². The van der Waals surface area contributed by atoms with Gasteiger partial charge < -0.3 is 10.1 Å². The van der Waals surface area contributed by atoms with Gasteiger partial charge in [0.2, 0.25) is 0 Å². The van der Waals surface area contributed by atoms with Crippen molar-refractivity contribution in [1.82, 2.24) is 20.1 Å². The van der Waals surface area contributed by atoms with E-state index >= 15 is 0 Å². The standard InChI is InChI=1S/C11H14N4O.ClH/c1-15-11-8(3-2-4-13-11)10(14-15)9-7-12-5-6-16-9;/h2-4,9,12H,5-7H2,1H3;1H. The highest BCUT2D eigenvalue weighted by atomic mass is 35.5. The molecule has 0 spiro atoms. The number of ether oxygens (including phenoxy) is 1. The average molecular weight is 255 g/mol. The number of hydrogen-bond donors (Lipinski definition) is 1. The van der Waals surface area contributed by atoms with Crippen molar-refractivity contribution in [3.63, 3.8) is 0 Å². The van der Waals surface area contributed by atoms with Crippen molar-refractivity contribution in [2.45, 2.75) is 6.10 Å². The number of morpholine rings is 1. The molecular weight excluding hydrogens is 240 g/mol. The van der Waals surface area contributed by atoms with E-state index in [-0.39, 0.29) is 18.5 Å². The SMILES string of the molecule is Cl.Cn1nc(C2CNCCO2)c2cccnc21. The molecule has 1 atom stereocenters. The minimum atomic E-state index is 0. The minimum Gasteiger partial charge on any atom is -0.369 e. The van der Waals surface area contributed by atoms with Crippen LogP contribution in [0, 0.1) is 0 Å². The zero-order chi connectivity index (χ0) is 11.0. The molecule has 17 heavy (non-hydrogen) atoms. The zero-order valence-electron chi connectivity index (χ0n) is 9.59. The maximum absolute atomic E-state index is 5.72. The minimum absolute atomic E-state index is 0. The van der Waals surface area contributed by atoms with E-state index in [1.807, 2.05) is 23.9 Å². The molecule has 0 saturated carbocycles. The number of aromatic nitrogens is 3. The van der Waals surface area contributed by atoms with E-state index in [4.69, 9.17) is 4.74 Å². The van der Waals surface area contributed by atoms with E-state index in [9.17, 15) is 0 Å². The largest absolute Gasteiger partial charge is 0.369 e. The lowest BCUT2D eigenvalue weighted by Crippen LogP contribution is -2.33. The molecule has 92 valence electrons. The Labute approximate surface area is 106 Å². The Hall–Kier alpha value is -1.17. The Bertz CT molecular complexity index is 507. The molecule has 0 bridgehead atoms. The Kier molecular flexibility index (Phi) is 3.61. The van der Waals surface area contributed by atoms with E-state index in [1.54, 1.807) is 6.20 Å². The van der Waals surface area contributed by atoms with Crippen LogP contribution in [0.3, 0.4) is 0 Å². The lowest BCUT2D eigenvalue weighted by molar-refractivity contribution is 0.0255. The lowest BCUT2D eigenvalue weighted by atomic mass is 10.1. The summed E-state index contributed by atoms with van der Waals surface area (Å²) in [5, 5.41) is 8.90. The number of fused-ring (bicyclic) bond motifs is 1. The second kappa shape index (κ2) is 5.00. The smallest absolute Gasteiger partial charge is 0.157 e. The fraction of sp³-hybridized carbons (Fsp3) is 0.455. The van der Waals surface area contributed by atoms with Gasteiger partial charge in [-0.1, -0.05) is 0 Å². The van der Waals surface area contributed by atoms with Gasteiger partial charge in [-0.3, -0.25) is 4.68 Å². The molecule has 1 aliphatic rings. The van der Waals surface area contributed by atoms with Crippen LogP contribution in [0.2, 0.25) is 0 Å². The first-order chi connectivity index (χ1) is 7.86. The van der Waals surface area contributed by atoms with Crippen molar-refractivity contribution in [2.24, 2.45) is 7.05 Å². The molecule has 5 nitrogen and oxygen atoms in total. The molecule has 0 radical (unpaired) electrons. The first-order valence-electron chi connectivity index (χ1n) is 5.46. The van der Waals surface area contributed by atoms with Crippen LogP contribution in [0.5, 0.6) is 0 Å². The van der Waals surface area contributed by atoms with Crippen LogP contribution < -0.4 is 5.32 Å². The second-order valence-corrected chi connectivity index (χ2v) is 3.95. The molecule has 1 aliphatic heterocycles. The van der Waals surface area contributed by atoms with Gasteiger partial charge in [-0.2, -0.15) is 5.10 Å². The summed E-state index contributed by atoms with van der Waals surface area (Å²) < 4.78 is 7.53. The molecule has 1 saturated heterocycles. The molecule has 3 rings (SSSR count). The van der Waals surface area contributed by atoms with Crippen LogP contribution in [0.25, 0.3) is 11.0 Å². The van der Waals surface area contributed by atoms with E-state index in [0.29, 0.717) is 0 Å². The molecule has 0 aromatic carbocycles. The summed E-state index contributed by atoms with van der Waals surface area (Å²) in [5.74, 6) is 0. The van der Waals surface area contributed by atoms with Crippen LogP contribution in [0.1, 0.15) is 11.8 Å². The number of nitrogens with one attached hydrogen (secondary N) is 1. The summed E-state index contributed by atoms with van der Waals surface area (Å²) in [7, 11) is 1.91. The third-order valence-corrected chi connectivity index (χ3v) is 2.86. The number of rotatable bonds is 1. The number of hydrogen-bond acceptors (Lipinski definition) is 4. The highest BCUT2D eigenvalue weighted by molar-refractivity contribution is 5.85. The topological polar surface area (TPSA) is 52.0 Å². The number of pyridine rings is 1. The van der Waals surface area contributed by atoms with Gasteiger partial charge in [-0.05, 0) is 12.1 Å². The average Bonchev–Trinajstić information content (AvgIpc) is 2.69. The fourth-order valence-corrected chi connectivity index (χ4v) is 2.10. The quantitative estimate of drug-likeness (QED) is 0.827. The van der Waals surface area contributed by atoms with Crippen molar-refractivity contribution in [2.75, 3.05) is 19.7 Å². The maximum atomic E-state index is 5.72. The molecule has 3 heterocycles. The van der Waals surface area contributed by atoms with Crippen LogP contribution in [-0.2, 0) is 11.8 Å². The van der Waals surface area contributed by atoms with E-state index in [0.717, 1.165) is 36.4 Å². The third kappa shape index (κ3) is 2.13. The second-order valence-electron chi connectivity index (χ2n) is 3.95. The highest BCUT2D eigenvalue weighted by Crippen LogP contribution is 2.24. The fourth-order valence-electron chi connectivity index (χ4n) is 2.10. The molecule has 6 heteroatoms. The summed E-state index contributed by atoms with van der Waals surface area (Å²) in [6.45, 7) is 2.48. The maximum Gasteiger partial charge on any atom is 0.157 e. The van der Waals surface area contributed by atoms with E-state index in [2.05, 4.69) is 15.4 Å². The zero-order valence-corrected chi connectivity index (χ0v) is 10.4. The molecule has 1 fully saturated rings. The van der Waals surface area contributed by atoms with Crippen LogP contribution >= 0.6 is 12.4 Å². The predicted molar refractivity (Wildman–Crippen MR) is 67.3 cm³/mol. The molecule has 1 unspecified atom stereocenters.